The highest BCUT2D eigenvalue weighted by molar-refractivity contribution is 5.52. The van der Waals surface area contributed by atoms with Gasteiger partial charge >= 0.3 is 0 Å². The van der Waals surface area contributed by atoms with E-state index in [1.807, 2.05) is 6.92 Å². The molecule has 1 saturated carbocycles. The monoisotopic (exact) mass is 220 g/mol. The molecule has 0 atom stereocenters. The summed E-state index contributed by atoms with van der Waals surface area (Å²) in [5, 5.41) is 8.56. The number of nitrogens with zero attached hydrogens (tertiary/aromatic N) is 3. The Bertz CT molecular complexity index is 385. The van der Waals surface area contributed by atoms with Gasteiger partial charge in [0.25, 0.3) is 0 Å². The quantitative estimate of drug-likeness (QED) is 0.836. The Kier molecular flexibility index (Phi) is 3.10. The maximum Gasteiger partial charge on any atom is 0.156 e. The second-order valence-electron chi connectivity index (χ2n) is 4.43. The van der Waals surface area contributed by atoms with Gasteiger partial charge in [0.2, 0.25) is 0 Å². The molecular formula is C12H20N4. The molecule has 4 nitrogen and oxygen atoms in total. The third kappa shape index (κ3) is 1.89. The van der Waals surface area contributed by atoms with Crippen molar-refractivity contribution in [1.82, 2.24) is 10.2 Å². The largest absolute Gasteiger partial charge is 0.352 e. The lowest BCUT2D eigenvalue weighted by atomic mass is 10.1. The van der Waals surface area contributed by atoms with Crippen molar-refractivity contribution in [2.45, 2.75) is 46.2 Å². The fourth-order valence-corrected chi connectivity index (χ4v) is 2.09. The number of nitrogens with two attached hydrogens (primary N) is 1. The van der Waals surface area contributed by atoms with Crippen LogP contribution in [0.2, 0.25) is 0 Å². The molecule has 1 aliphatic rings. The van der Waals surface area contributed by atoms with Crippen molar-refractivity contribution in [3.05, 3.63) is 16.8 Å². The summed E-state index contributed by atoms with van der Waals surface area (Å²) in [6.07, 6.45) is 2.54. The van der Waals surface area contributed by atoms with Gasteiger partial charge in [-0.25, -0.2) is 0 Å². The highest BCUT2D eigenvalue weighted by Gasteiger charge is 2.30. The highest BCUT2D eigenvalue weighted by atomic mass is 15.3. The molecule has 0 aliphatic heterocycles. The normalized spacial score (nSPS) is 15.2. The first-order valence-corrected chi connectivity index (χ1v) is 5.98. The summed E-state index contributed by atoms with van der Waals surface area (Å²) in [7, 11) is 0. The molecule has 0 unspecified atom stereocenters. The molecule has 0 saturated heterocycles. The van der Waals surface area contributed by atoms with E-state index in [-0.39, 0.29) is 0 Å². The first-order valence-electron chi connectivity index (χ1n) is 5.98. The van der Waals surface area contributed by atoms with Gasteiger partial charge < -0.3 is 10.6 Å². The Hall–Kier alpha value is -1.16. The van der Waals surface area contributed by atoms with E-state index in [0.29, 0.717) is 12.6 Å². The molecule has 1 aromatic rings. The lowest BCUT2D eigenvalue weighted by molar-refractivity contribution is 0.768. The number of anilines is 1. The summed E-state index contributed by atoms with van der Waals surface area (Å²) >= 11 is 0. The molecule has 1 heterocycles. The number of aryl methyl sites for hydroxylation is 1. The van der Waals surface area contributed by atoms with Crippen molar-refractivity contribution in [1.29, 1.82) is 0 Å². The zero-order valence-corrected chi connectivity index (χ0v) is 10.3. The van der Waals surface area contributed by atoms with Crippen LogP contribution in [-0.4, -0.2) is 22.8 Å². The van der Waals surface area contributed by atoms with E-state index in [4.69, 9.17) is 5.73 Å². The minimum absolute atomic E-state index is 0.542. The van der Waals surface area contributed by atoms with Gasteiger partial charge in [0.1, 0.15) is 0 Å². The predicted octanol–water partition coefficient (Wildman–Crippen LogP) is 1.54. The van der Waals surface area contributed by atoms with Crippen LogP contribution in [0.15, 0.2) is 0 Å². The summed E-state index contributed by atoms with van der Waals surface area (Å²) in [5.74, 6) is 0.996. The molecule has 1 fully saturated rings. The zero-order valence-electron chi connectivity index (χ0n) is 10.3. The smallest absolute Gasteiger partial charge is 0.156 e. The minimum Gasteiger partial charge on any atom is -0.352 e. The van der Waals surface area contributed by atoms with Crippen LogP contribution in [0.3, 0.4) is 0 Å². The second kappa shape index (κ2) is 4.37. The number of rotatable bonds is 4. The Labute approximate surface area is 96.9 Å². The van der Waals surface area contributed by atoms with Crippen molar-refractivity contribution in [2.24, 2.45) is 5.73 Å². The van der Waals surface area contributed by atoms with E-state index in [0.717, 1.165) is 23.6 Å². The minimum atomic E-state index is 0.542. The van der Waals surface area contributed by atoms with E-state index in [2.05, 4.69) is 28.9 Å². The topological polar surface area (TPSA) is 55.0 Å². The molecule has 0 radical (unpaired) electrons. The number of hydrogen-bond donors (Lipinski definition) is 1. The van der Waals surface area contributed by atoms with E-state index >= 15 is 0 Å². The average Bonchev–Trinajstić information content (AvgIpc) is 3.09. The van der Waals surface area contributed by atoms with Gasteiger partial charge in [0.05, 0.1) is 5.69 Å². The standard InChI is InChI=1S/C12H20N4/c1-4-16(10-5-6-10)12-11(7-13)8(2)9(3)14-15-12/h10H,4-7,13H2,1-3H3. The molecule has 16 heavy (non-hydrogen) atoms. The van der Waals surface area contributed by atoms with Gasteiger partial charge in [-0.05, 0) is 39.2 Å². The Morgan fingerprint density at radius 2 is 2.00 bits per heavy atom. The van der Waals surface area contributed by atoms with E-state index in [1.54, 1.807) is 0 Å². The van der Waals surface area contributed by atoms with Gasteiger partial charge in [-0.1, -0.05) is 0 Å². The van der Waals surface area contributed by atoms with Crippen LogP contribution >= 0.6 is 0 Å². The molecule has 2 N–H and O–H groups in total. The Morgan fingerprint density at radius 3 is 2.50 bits per heavy atom. The molecule has 0 spiro atoms. The zero-order chi connectivity index (χ0) is 11.7. The van der Waals surface area contributed by atoms with Crippen LogP contribution in [0.1, 0.15) is 36.6 Å². The van der Waals surface area contributed by atoms with Crippen LogP contribution in [0.4, 0.5) is 5.82 Å². The summed E-state index contributed by atoms with van der Waals surface area (Å²) < 4.78 is 0. The van der Waals surface area contributed by atoms with Crippen LogP contribution < -0.4 is 10.6 Å². The molecule has 88 valence electrons. The summed E-state index contributed by atoms with van der Waals surface area (Å²) in [4.78, 5) is 2.33. The van der Waals surface area contributed by atoms with E-state index in [1.165, 1.54) is 18.4 Å². The first kappa shape index (κ1) is 11.3. The van der Waals surface area contributed by atoms with Crippen LogP contribution in [0, 0.1) is 13.8 Å². The van der Waals surface area contributed by atoms with Gasteiger partial charge in [-0.3, -0.25) is 0 Å². The van der Waals surface area contributed by atoms with Gasteiger partial charge in [0.15, 0.2) is 5.82 Å². The Balaban J connectivity index is 2.42. The van der Waals surface area contributed by atoms with Gasteiger partial charge in [-0.2, -0.15) is 5.10 Å². The van der Waals surface area contributed by atoms with Crippen molar-refractivity contribution in [3.63, 3.8) is 0 Å². The third-order valence-corrected chi connectivity index (χ3v) is 3.36. The SMILES string of the molecule is CCN(c1nnc(C)c(C)c1CN)C1CC1. The number of aromatic nitrogens is 2. The fraction of sp³-hybridized carbons (Fsp3) is 0.667. The summed E-state index contributed by atoms with van der Waals surface area (Å²) in [5.41, 5.74) is 9.16. The van der Waals surface area contributed by atoms with Crippen LogP contribution in [-0.2, 0) is 6.54 Å². The van der Waals surface area contributed by atoms with Gasteiger partial charge in [-0.15, -0.1) is 5.10 Å². The van der Waals surface area contributed by atoms with E-state index in [9.17, 15) is 0 Å². The molecule has 1 aliphatic carbocycles. The fourth-order valence-electron chi connectivity index (χ4n) is 2.09. The average molecular weight is 220 g/mol. The maximum absolute atomic E-state index is 5.84. The van der Waals surface area contributed by atoms with Crippen molar-refractivity contribution >= 4 is 5.82 Å². The van der Waals surface area contributed by atoms with Crippen LogP contribution in [0.25, 0.3) is 0 Å². The van der Waals surface area contributed by atoms with Crippen LogP contribution in [0.5, 0.6) is 0 Å². The highest BCUT2D eigenvalue weighted by Crippen LogP contribution is 2.32. The van der Waals surface area contributed by atoms with Crippen molar-refractivity contribution < 1.29 is 0 Å². The third-order valence-electron chi connectivity index (χ3n) is 3.36. The van der Waals surface area contributed by atoms with Crippen molar-refractivity contribution in [2.75, 3.05) is 11.4 Å². The first-order chi connectivity index (χ1) is 7.69. The second-order valence-corrected chi connectivity index (χ2v) is 4.43. The maximum atomic E-state index is 5.84. The molecule has 1 aromatic heterocycles. The molecule has 2 rings (SSSR count). The number of hydrogen-bond acceptors (Lipinski definition) is 4. The van der Waals surface area contributed by atoms with Crippen molar-refractivity contribution in [3.8, 4) is 0 Å². The lowest BCUT2D eigenvalue weighted by Gasteiger charge is -2.24. The molecule has 4 heteroatoms. The molecule has 0 aromatic carbocycles. The summed E-state index contributed by atoms with van der Waals surface area (Å²) in [6.45, 7) is 7.75. The van der Waals surface area contributed by atoms with Gasteiger partial charge in [0, 0.05) is 24.7 Å². The lowest BCUT2D eigenvalue weighted by Crippen LogP contribution is -2.28. The molecular weight excluding hydrogens is 200 g/mol. The van der Waals surface area contributed by atoms with E-state index < -0.39 is 0 Å². The Morgan fingerprint density at radius 1 is 1.31 bits per heavy atom. The molecule has 0 amide bonds. The predicted molar refractivity (Wildman–Crippen MR) is 65.4 cm³/mol. The summed E-state index contributed by atoms with van der Waals surface area (Å²) in [6, 6.07) is 0.659. The molecule has 0 bridgehead atoms.